The smallest absolute Gasteiger partial charge is 0.123 e. The van der Waals surface area contributed by atoms with Crippen LogP contribution in [0.5, 0.6) is 0 Å². The van der Waals surface area contributed by atoms with E-state index >= 15 is 0 Å². The summed E-state index contributed by atoms with van der Waals surface area (Å²) in [6, 6.07) is 4.20. The van der Waals surface area contributed by atoms with Gasteiger partial charge in [-0.15, -0.1) is 0 Å². The molecule has 2 atom stereocenters. The minimum atomic E-state index is 0.534. The van der Waals surface area contributed by atoms with Crippen LogP contribution in [0.2, 0.25) is 0 Å². The van der Waals surface area contributed by atoms with Gasteiger partial charge in [-0.05, 0) is 82.4 Å². The van der Waals surface area contributed by atoms with E-state index in [1.165, 1.54) is 58.0 Å². The molecule has 0 bridgehead atoms. The van der Waals surface area contributed by atoms with E-state index in [-0.39, 0.29) is 0 Å². The van der Waals surface area contributed by atoms with Crippen molar-refractivity contribution in [1.29, 1.82) is 5.26 Å². The van der Waals surface area contributed by atoms with Gasteiger partial charge in [0.1, 0.15) is 16.3 Å². The molecule has 1 aromatic rings. The summed E-state index contributed by atoms with van der Waals surface area (Å²) in [7, 11) is 3.52. The molecule has 0 amide bonds. The number of nitrogens with one attached hydrogen (secondary N) is 2. The van der Waals surface area contributed by atoms with E-state index in [1.807, 2.05) is 12.3 Å². The number of nitriles is 1. The van der Waals surface area contributed by atoms with Crippen LogP contribution in [0.15, 0.2) is 12.3 Å². The van der Waals surface area contributed by atoms with Crippen LogP contribution in [0.1, 0.15) is 56.9 Å². The van der Waals surface area contributed by atoms with Crippen molar-refractivity contribution in [3.8, 4) is 6.07 Å². The molecule has 2 aliphatic heterocycles. The fraction of sp³-hybridized carbons (Fsp3) is 0.750. The summed E-state index contributed by atoms with van der Waals surface area (Å²) < 4.78 is 10.7. The van der Waals surface area contributed by atoms with Gasteiger partial charge in [-0.3, -0.25) is 0 Å². The lowest BCUT2D eigenvalue weighted by Crippen LogP contribution is -2.36. The van der Waals surface area contributed by atoms with Gasteiger partial charge in [-0.1, -0.05) is 12.2 Å². The van der Waals surface area contributed by atoms with Crippen molar-refractivity contribution < 1.29 is 9.47 Å². The van der Waals surface area contributed by atoms with Crippen molar-refractivity contribution in [3.63, 3.8) is 0 Å². The Balaban J connectivity index is 0.000000262. The Kier molecular flexibility index (Phi) is 12.8. The van der Waals surface area contributed by atoms with Crippen molar-refractivity contribution in [2.45, 2.75) is 51.4 Å². The number of pyridine rings is 1. The van der Waals surface area contributed by atoms with E-state index in [2.05, 4.69) is 21.3 Å². The van der Waals surface area contributed by atoms with Crippen molar-refractivity contribution >= 4 is 17.9 Å². The largest absolute Gasteiger partial charge is 0.385 e. The van der Waals surface area contributed by atoms with Gasteiger partial charge in [-0.25, -0.2) is 0 Å². The first-order valence-corrected chi connectivity index (χ1v) is 12.2. The lowest BCUT2D eigenvalue weighted by Gasteiger charge is -2.34. The second-order valence-corrected chi connectivity index (χ2v) is 9.02. The van der Waals surface area contributed by atoms with Crippen LogP contribution in [0, 0.1) is 27.8 Å². The van der Waals surface area contributed by atoms with Crippen LogP contribution >= 0.6 is 12.2 Å². The molecular formula is C24H40N4O2S. The highest BCUT2D eigenvalue weighted by Crippen LogP contribution is 2.28. The summed E-state index contributed by atoms with van der Waals surface area (Å²) in [6.07, 6.45) is 11.9. The van der Waals surface area contributed by atoms with E-state index in [1.54, 1.807) is 14.2 Å². The molecule has 3 rings (SSSR count). The Hall–Kier alpha value is -1.46. The summed E-state index contributed by atoms with van der Waals surface area (Å²) in [5.74, 6) is 1.60. The lowest BCUT2D eigenvalue weighted by molar-refractivity contribution is 0.183. The second kappa shape index (κ2) is 15.4. The van der Waals surface area contributed by atoms with E-state index in [0.29, 0.717) is 16.1 Å². The summed E-state index contributed by atoms with van der Waals surface area (Å²) >= 11 is 5.20. The monoisotopic (exact) mass is 448 g/mol. The highest BCUT2D eigenvalue weighted by Gasteiger charge is 2.22. The number of nitrogens with zero attached hydrogens (tertiary/aromatic N) is 2. The van der Waals surface area contributed by atoms with Gasteiger partial charge in [0.25, 0.3) is 0 Å². The topological polar surface area (TPSA) is 73.3 Å². The maximum absolute atomic E-state index is 9.29. The van der Waals surface area contributed by atoms with Gasteiger partial charge in [-0.2, -0.15) is 5.26 Å². The number of H-pyrrole nitrogens is 1. The van der Waals surface area contributed by atoms with Crippen LogP contribution < -0.4 is 10.2 Å². The zero-order valence-electron chi connectivity index (χ0n) is 19.3. The maximum atomic E-state index is 9.29. The van der Waals surface area contributed by atoms with Crippen molar-refractivity contribution in [2.24, 2.45) is 11.8 Å². The second-order valence-electron chi connectivity index (χ2n) is 8.62. The predicted octanol–water partition coefficient (Wildman–Crippen LogP) is 4.67. The first kappa shape index (κ1) is 25.8. The molecule has 7 heteroatoms. The van der Waals surface area contributed by atoms with Crippen LogP contribution in [0.3, 0.4) is 0 Å². The number of piperidine rings is 2. The average molecular weight is 449 g/mol. The van der Waals surface area contributed by atoms with E-state index in [4.69, 9.17) is 21.7 Å². The number of ether oxygens (including phenoxy) is 2. The molecule has 2 saturated heterocycles. The Morgan fingerprint density at radius 1 is 1.13 bits per heavy atom. The lowest BCUT2D eigenvalue weighted by atomic mass is 9.93. The number of aromatic amines is 1. The molecule has 0 aliphatic carbocycles. The average Bonchev–Trinajstić information content (AvgIpc) is 2.81. The Morgan fingerprint density at radius 3 is 2.48 bits per heavy atom. The fourth-order valence-electron chi connectivity index (χ4n) is 4.56. The highest BCUT2D eigenvalue weighted by atomic mass is 32.1. The minimum Gasteiger partial charge on any atom is -0.385 e. The molecule has 2 fully saturated rings. The number of hydrogen-bond acceptors (Lipinski definition) is 6. The van der Waals surface area contributed by atoms with Crippen LogP contribution in [-0.2, 0) is 9.47 Å². The summed E-state index contributed by atoms with van der Waals surface area (Å²) in [5.41, 5.74) is 1.58. The molecule has 31 heavy (non-hydrogen) atoms. The van der Waals surface area contributed by atoms with Gasteiger partial charge in [0.05, 0.1) is 5.69 Å². The standard InChI is InChI=1S/C15H21N3OS.C9H19NO/c1-19-9-3-5-12-4-2-8-18(11-12)14-6-7-17-15(20)13(14)10-16;1-11-7-3-5-9-4-2-6-10-8-9/h6-7,12H,2-5,8-9,11H2,1H3,(H,17,20);9-10H,2-8H2,1H3. The van der Waals surface area contributed by atoms with E-state index < -0.39 is 0 Å². The molecule has 2 aliphatic rings. The molecule has 0 aromatic carbocycles. The Labute approximate surface area is 193 Å². The predicted molar refractivity (Wildman–Crippen MR) is 129 cm³/mol. The third kappa shape index (κ3) is 9.28. The van der Waals surface area contributed by atoms with Gasteiger partial charge in [0, 0.05) is 46.7 Å². The molecule has 1 aromatic heterocycles. The summed E-state index contributed by atoms with van der Waals surface area (Å²) in [6.45, 7) is 6.23. The van der Waals surface area contributed by atoms with Crippen molar-refractivity contribution in [1.82, 2.24) is 10.3 Å². The van der Waals surface area contributed by atoms with Gasteiger partial charge in [0.15, 0.2) is 0 Å². The molecule has 6 nitrogen and oxygen atoms in total. The van der Waals surface area contributed by atoms with E-state index in [0.717, 1.165) is 44.3 Å². The van der Waals surface area contributed by atoms with Crippen LogP contribution in [0.25, 0.3) is 0 Å². The number of aromatic nitrogens is 1. The van der Waals surface area contributed by atoms with Gasteiger partial charge in [0.2, 0.25) is 0 Å². The fourth-order valence-corrected chi connectivity index (χ4v) is 4.78. The van der Waals surface area contributed by atoms with Crippen molar-refractivity contribution in [3.05, 3.63) is 22.5 Å². The Bertz CT molecular complexity index is 712. The van der Waals surface area contributed by atoms with Crippen LogP contribution in [-0.4, -0.2) is 58.6 Å². The molecule has 0 radical (unpaired) electrons. The SMILES string of the molecule is COCCCC1CCCN(c2cc[nH]c(=S)c2C#N)C1.COCCCC1CCCNC1. The van der Waals surface area contributed by atoms with Gasteiger partial charge < -0.3 is 24.7 Å². The highest BCUT2D eigenvalue weighted by molar-refractivity contribution is 7.71. The molecule has 2 N–H and O–H groups in total. The molecule has 0 saturated carbocycles. The maximum Gasteiger partial charge on any atom is 0.123 e. The third-order valence-corrected chi connectivity index (χ3v) is 6.55. The first-order valence-electron chi connectivity index (χ1n) is 11.7. The molecule has 3 heterocycles. The number of methoxy groups -OCH3 is 2. The zero-order chi connectivity index (χ0) is 22.3. The number of hydrogen-bond donors (Lipinski definition) is 2. The summed E-state index contributed by atoms with van der Waals surface area (Å²) in [5, 5.41) is 12.7. The van der Waals surface area contributed by atoms with Crippen molar-refractivity contribution in [2.75, 3.05) is 58.5 Å². The normalized spacial score (nSPS) is 21.1. The quantitative estimate of drug-likeness (QED) is 0.422. The summed E-state index contributed by atoms with van der Waals surface area (Å²) in [4.78, 5) is 5.24. The molecular weight excluding hydrogens is 408 g/mol. The number of rotatable bonds is 9. The molecule has 0 spiro atoms. The number of anilines is 1. The third-order valence-electron chi connectivity index (χ3n) is 6.23. The minimum absolute atomic E-state index is 0.534. The molecule has 2 unspecified atom stereocenters. The van der Waals surface area contributed by atoms with Crippen LogP contribution in [0.4, 0.5) is 5.69 Å². The first-order chi connectivity index (χ1) is 15.2. The van der Waals surface area contributed by atoms with Gasteiger partial charge >= 0.3 is 0 Å². The molecule has 174 valence electrons. The Morgan fingerprint density at radius 2 is 1.84 bits per heavy atom. The van der Waals surface area contributed by atoms with E-state index in [9.17, 15) is 5.26 Å². The zero-order valence-corrected chi connectivity index (χ0v) is 20.1.